The third kappa shape index (κ3) is 10.5. The van der Waals surface area contributed by atoms with Gasteiger partial charge in [0.25, 0.3) is 0 Å². The lowest BCUT2D eigenvalue weighted by Gasteiger charge is -2.39. The molecule has 13 nitrogen and oxygen atoms in total. The number of aryl methyl sites for hydroxylation is 1. The molecule has 0 spiro atoms. The van der Waals surface area contributed by atoms with Crippen LogP contribution >= 0.6 is 0 Å². The maximum atomic E-state index is 11.0. The van der Waals surface area contributed by atoms with Crippen molar-refractivity contribution < 1.29 is 54.3 Å². The topological polar surface area (TPSA) is 197 Å². The Morgan fingerprint density at radius 2 is 1.37 bits per heavy atom. The van der Waals surface area contributed by atoms with E-state index < -0.39 is 61.4 Å². The minimum absolute atomic E-state index is 0.0435. The van der Waals surface area contributed by atoms with Crippen molar-refractivity contribution in [3.05, 3.63) is 42.0 Å². The van der Waals surface area contributed by atoms with Crippen LogP contribution in [-0.4, -0.2) is 143 Å². The minimum Gasteiger partial charge on any atom is -0.494 e. The van der Waals surface area contributed by atoms with Crippen molar-refractivity contribution >= 4 is 10.8 Å². The fourth-order valence-electron chi connectivity index (χ4n) is 5.89. The molecule has 2 aliphatic rings. The van der Waals surface area contributed by atoms with Crippen LogP contribution in [0, 0.1) is 0 Å². The highest BCUT2D eigenvalue weighted by Crippen LogP contribution is 2.24. The molecule has 46 heavy (non-hydrogen) atoms. The standard InChI is InChI=1S/C33H52N2O11/c1-20-43-18-28(38)32(45-20)30(40)26(36)16-35(17-27(37)31(41)33-29(39)19-44-21(2)46-33)12-5-13-42-25-10-9-23-14-22(6-3-4-11-34)7-8-24(23)15-25/h7-10,14-15,20-21,26-33,36-41H,3-6,11-13,16-19,34H2,1-2H3/t20-,21+,26-,27?,28+,29+,30+,31+,32+,33+/m0/s1. The van der Waals surface area contributed by atoms with Crippen molar-refractivity contribution in [1.29, 1.82) is 0 Å². The summed E-state index contributed by atoms with van der Waals surface area (Å²) >= 11 is 0. The Labute approximate surface area is 270 Å². The first-order chi connectivity index (χ1) is 22.0. The van der Waals surface area contributed by atoms with Crippen molar-refractivity contribution in [2.24, 2.45) is 5.73 Å². The van der Waals surface area contributed by atoms with Gasteiger partial charge >= 0.3 is 0 Å². The van der Waals surface area contributed by atoms with Gasteiger partial charge in [-0.15, -0.1) is 0 Å². The van der Waals surface area contributed by atoms with Crippen LogP contribution in [0.15, 0.2) is 36.4 Å². The second kappa shape index (κ2) is 18.0. The molecular formula is C33H52N2O11. The summed E-state index contributed by atoms with van der Waals surface area (Å²) in [6, 6.07) is 12.3. The molecule has 2 aromatic rings. The van der Waals surface area contributed by atoms with E-state index in [0.717, 1.165) is 30.0 Å². The van der Waals surface area contributed by atoms with E-state index in [-0.39, 0.29) is 26.3 Å². The number of hydrogen-bond acceptors (Lipinski definition) is 13. The number of nitrogens with two attached hydrogens (primary N) is 1. The molecule has 0 saturated carbocycles. The molecule has 13 heteroatoms. The molecule has 0 aromatic heterocycles. The zero-order valence-electron chi connectivity index (χ0n) is 26.8. The first-order valence-corrected chi connectivity index (χ1v) is 16.3. The van der Waals surface area contributed by atoms with E-state index >= 15 is 0 Å². The number of fused-ring (bicyclic) bond motifs is 1. The predicted octanol–water partition coefficient (Wildman–Crippen LogP) is -0.120. The molecular weight excluding hydrogens is 600 g/mol. The molecule has 2 heterocycles. The van der Waals surface area contributed by atoms with Crippen molar-refractivity contribution in [2.45, 2.75) is 101 Å². The van der Waals surface area contributed by atoms with Gasteiger partial charge in [-0.25, -0.2) is 0 Å². The lowest BCUT2D eigenvalue weighted by Crippen LogP contribution is -2.57. The first kappa shape index (κ1) is 36.8. The zero-order valence-corrected chi connectivity index (χ0v) is 26.8. The van der Waals surface area contributed by atoms with E-state index in [1.54, 1.807) is 18.7 Å². The predicted molar refractivity (Wildman–Crippen MR) is 169 cm³/mol. The number of unbranched alkanes of at least 4 members (excludes halogenated alkanes) is 1. The van der Waals surface area contributed by atoms with Gasteiger partial charge in [-0.05, 0) is 74.5 Å². The third-order valence-electron chi connectivity index (χ3n) is 8.49. The normalized spacial score (nSPS) is 28.2. The molecule has 0 aliphatic carbocycles. The maximum absolute atomic E-state index is 11.0. The molecule has 10 atom stereocenters. The summed E-state index contributed by atoms with van der Waals surface area (Å²) in [4.78, 5) is 1.68. The first-order valence-electron chi connectivity index (χ1n) is 16.3. The van der Waals surface area contributed by atoms with Crippen molar-refractivity contribution in [3.63, 3.8) is 0 Å². The van der Waals surface area contributed by atoms with E-state index in [4.69, 9.17) is 29.4 Å². The number of ether oxygens (including phenoxy) is 5. The lowest BCUT2D eigenvalue weighted by molar-refractivity contribution is -0.274. The number of benzene rings is 2. The van der Waals surface area contributed by atoms with E-state index in [9.17, 15) is 30.6 Å². The van der Waals surface area contributed by atoms with Gasteiger partial charge in [0.2, 0.25) is 0 Å². The molecule has 0 bridgehead atoms. The second-order valence-electron chi connectivity index (χ2n) is 12.3. The zero-order chi connectivity index (χ0) is 33.2. The smallest absolute Gasteiger partial charge is 0.155 e. The van der Waals surface area contributed by atoms with E-state index in [1.165, 1.54) is 5.56 Å². The highest BCUT2D eigenvalue weighted by molar-refractivity contribution is 5.84. The number of hydrogen-bond donors (Lipinski definition) is 7. The lowest BCUT2D eigenvalue weighted by atomic mass is 10.00. The monoisotopic (exact) mass is 652 g/mol. The van der Waals surface area contributed by atoms with Crippen LogP contribution in [0.1, 0.15) is 38.7 Å². The fourth-order valence-corrected chi connectivity index (χ4v) is 5.89. The van der Waals surface area contributed by atoms with Crippen LogP contribution < -0.4 is 10.5 Å². The molecule has 2 aliphatic heterocycles. The highest BCUT2D eigenvalue weighted by Gasteiger charge is 2.40. The minimum atomic E-state index is -1.44. The summed E-state index contributed by atoms with van der Waals surface area (Å²) < 4.78 is 27.5. The van der Waals surface area contributed by atoms with Crippen molar-refractivity contribution in [3.8, 4) is 5.75 Å². The summed E-state index contributed by atoms with van der Waals surface area (Å²) in [6.45, 7) is 4.31. The summed E-state index contributed by atoms with van der Waals surface area (Å²) in [7, 11) is 0. The molecule has 4 rings (SSSR count). The Morgan fingerprint density at radius 1 is 0.804 bits per heavy atom. The van der Waals surface area contributed by atoms with Crippen molar-refractivity contribution in [1.82, 2.24) is 4.90 Å². The second-order valence-corrected chi connectivity index (χ2v) is 12.3. The average Bonchev–Trinajstić information content (AvgIpc) is 3.04. The van der Waals surface area contributed by atoms with Crippen LogP contribution in [0.2, 0.25) is 0 Å². The van der Waals surface area contributed by atoms with Crippen LogP contribution in [0.5, 0.6) is 5.75 Å². The van der Waals surface area contributed by atoms with E-state index in [1.807, 2.05) is 18.2 Å². The Bertz CT molecular complexity index is 1150. The van der Waals surface area contributed by atoms with Gasteiger partial charge in [0.15, 0.2) is 12.6 Å². The molecule has 8 N–H and O–H groups in total. The molecule has 0 amide bonds. The SMILES string of the molecule is C[C@@H]1OC[C@@H](O)[C@H]([C@H](O)C(O)CN(CCCOc2ccc3cc(CCCCN)ccc3c2)C[C@H](O)[C@@H](O)[C@@H]2O[C@@H](C)OC[C@H]2O)O1. The van der Waals surface area contributed by atoms with Gasteiger partial charge in [0, 0.05) is 19.6 Å². The van der Waals surface area contributed by atoms with E-state index in [2.05, 4.69) is 18.2 Å². The Morgan fingerprint density at radius 3 is 1.96 bits per heavy atom. The molecule has 2 aromatic carbocycles. The summed E-state index contributed by atoms with van der Waals surface area (Å²) in [5.74, 6) is 0.709. The van der Waals surface area contributed by atoms with Crippen molar-refractivity contribution in [2.75, 3.05) is 46.0 Å². The van der Waals surface area contributed by atoms with Crippen LogP contribution in [0.25, 0.3) is 10.8 Å². The number of nitrogens with zero attached hydrogens (tertiary/aromatic N) is 1. The van der Waals surface area contributed by atoms with Gasteiger partial charge in [0.1, 0.15) is 42.4 Å². The Kier molecular flexibility index (Phi) is 14.4. The molecule has 0 radical (unpaired) electrons. The van der Waals surface area contributed by atoms with Gasteiger partial charge in [-0.1, -0.05) is 24.3 Å². The Balaban J connectivity index is 1.36. The fraction of sp³-hybridized carbons (Fsp3) is 0.697. The maximum Gasteiger partial charge on any atom is 0.155 e. The number of aliphatic hydroxyl groups excluding tert-OH is 6. The molecule has 260 valence electrons. The van der Waals surface area contributed by atoms with Crippen LogP contribution in [0.4, 0.5) is 0 Å². The summed E-state index contributed by atoms with van der Waals surface area (Å²) in [5, 5.41) is 66.3. The third-order valence-corrected chi connectivity index (χ3v) is 8.49. The average molecular weight is 653 g/mol. The van der Waals surface area contributed by atoms with Gasteiger partial charge < -0.3 is 60.1 Å². The highest BCUT2D eigenvalue weighted by atomic mass is 16.7. The molecule has 2 fully saturated rings. The van der Waals surface area contributed by atoms with Crippen LogP contribution in [0.3, 0.4) is 0 Å². The van der Waals surface area contributed by atoms with E-state index in [0.29, 0.717) is 31.9 Å². The van der Waals surface area contributed by atoms with Gasteiger partial charge in [-0.3, -0.25) is 4.90 Å². The Hall–Kier alpha value is -1.98. The quantitative estimate of drug-likeness (QED) is 0.112. The summed E-state index contributed by atoms with van der Waals surface area (Å²) in [5.41, 5.74) is 6.89. The molecule has 1 unspecified atom stereocenters. The largest absolute Gasteiger partial charge is 0.494 e. The number of rotatable bonds is 17. The molecule has 2 saturated heterocycles. The van der Waals surface area contributed by atoms with Gasteiger partial charge in [0.05, 0.1) is 32.0 Å². The number of aliphatic hydroxyl groups is 6. The van der Waals surface area contributed by atoms with Crippen LogP contribution in [-0.2, 0) is 25.4 Å². The van der Waals surface area contributed by atoms with Gasteiger partial charge in [-0.2, -0.15) is 0 Å². The summed E-state index contributed by atoms with van der Waals surface area (Å²) in [6.07, 6.45) is -7.78.